The Morgan fingerprint density at radius 3 is 2.57 bits per heavy atom. The average Bonchev–Trinajstić information content (AvgIpc) is 2.65. The maximum absolute atomic E-state index is 12.5. The van der Waals surface area contributed by atoms with E-state index in [0.29, 0.717) is 16.5 Å². The second-order valence-corrected chi connectivity index (χ2v) is 6.32. The Labute approximate surface area is 161 Å². The quantitative estimate of drug-likeness (QED) is 0.419. The van der Waals surface area contributed by atoms with Crippen LogP contribution in [0.25, 0.3) is 17.0 Å². The van der Waals surface area contributed by atoms with Gasteiger partial charge in [-0.15, -0.1) is 0 Å². The highest BCUT2D eigenvalue weighted by molar-refractivity contribution is 5.97. The van der Waals surface area contributed by atoms with Gasteiger partial charge < -0.3 is 14.5 Å². The van der Waals surface area contributed by atoms with E-state index in [1.165, 1.54) is 19.1 Å². The molecule has 6 heteroatoms. The van der Waals surface area contributed by atoms with E-state index in [4.69, 9.17) is 9.15 Å². The molecule has 1 amide bonds. The van der Waals surface area contributed by atoms with Gasteiger partial charge in [0, 0.05) is 23.9 Å². The van der Waals surface area contributed by atoms with Crippen molar-refractivity contribution in [1.82, 2.24) is 5.32 Å². The van der Waals surface area contributed by atoms with Crippen LogP contribution in [0.1, 0.15) is 23.6 Å². The van der Waals surface area contributed by atoms with Crippen molar-refractivity contribution in [3.8, 4) is 0 Å². The topological polar surface area (TPSA) is 85.6 Å². The molecule has 28 heavy (non-hydrogen) atoms. The van der Waals surface area contributed by atoms with E-state index < -0.39 is 11.6 Å². The summed E-state index contributed by atoms with van der Waals surface area (Å²) < 4.78 is 10.6. The van der Waals surface area contributed by atoms with Gasteiger partial charge >= 0.3 is 11.6 Å². The Hall–Kier alpha value is -3.67. The van der Waals surface area contributed by atoms with Gasteiger partial charge in [0.25, 0.3) is 0 Å². The molecule has 3 rings (SSSR count). The second-order valence-electron chi connectivity index (χ2n) is 6.32. The second kappa shape index (κ2) is 8.35. The molecule has 0 aliphatic heterocycles. The van der Waals surface area contributed by atoms with Crippen LogP contribution in [0.5, 0.6) is 0 Å². The van der Waals surface area contributed by atoms with Gasteiger partial charge in [-0.2, -0.15) is 0 Å². The van der Waals surface area contributed by atoms with Gasteiger partial charge in [-0.25, -0.2) is 9.59 Å². The monoisotopic (exact) mass is 377 g/mol. The zero-order valence-corrected chi connectivity index (χ0v) is 15.5. The van der Waals surface area contributed by atoms with Crippen molar-refractivity contribution in [2.24, 2.45) is 0 Å². The molecule has 6 nitrogen and oxygen atoms in total. The first-order chi connectivity index (χ1) is 13.4. The molecular weight excluding hydrogens is 358 g/mol. The predicted molar refractivity (Wildman–Crippen MR) is 105 cm³/mol. The molecule has 0 atom stereocenters. The van der Waals surface area contributed by atoms with Crippen molar-refractivity contribution >= 4 is 28.9 Å². The van der Waals surface area contributed by atoms with E-state index >= 15 is 0 Å². The van der Waals surface area contributed by atoms with Gasteiger partial charge in [-0.1, -0.05) is 42.5 Å². The zero-order valence-electron chi connectivity index (χ0n) is 15.5. The van der Waals surface area contributed by atoms with Crippen molar-refractivity contribution in [2.45, 2.75) is 20.5 Å². The number of amides is 1. The van der Waals surface area contributed by atoms with E-state index in [1.54, 1.807) is 18.2 Å². The molecule has 0 saturated heterocycles. The van der Waals surface area contributed by atoms with Gasteiger partial charge in [0.2, 0.25) is 5.91 Å². The average molecular weight is 377 g/mol. The molecule has 0 aliphatic carbocycles. The lowest BCUT2D eigenvalue weighted by Gasteiger charge is -2.10. The highest BCUT2D eigenvalue weighted by Gasteiger charge is 2.15. The summed E-state index contributed by atoms with van der Waals surface area (Å²) in [5, 5.41) is 3.17. The summed E-state index contributed by atoms with van der Waals surface area (Å²) in [6.07, 6.45) is 1.53. The number of benzene rings is 2. The Kier molecular flexibility index (Phi) is 5.69. The summed E-state index contributed by atoms with van der Waals surface area (Å²) in [6.45, 7) is 3.07. The molecule has 1 heterocycles. The Balaban J connectivity index is 1.85. The Bertz CT molecular complexity index is 1110. The molecule has 0 fully saturated rings. The Morgan fingerprint density at radius 2 is 1.86 bits per heavy atom. The lowest BCUT2D eigenvalue weighted by molar-refractivity contribution is -0.141. The third kappa shape index (κ3) is 4.73. The van der Waals surface area contributed by atoms with Crippen LogP contribution in [-0.4, -0.2) is 11.9 Å². The molecule has 0 spiro atoms. The molecule has 1 aromatic heterocycles. The summed E-state index contributed by atoms with van der Waals surface area (Å²) in [6, 6.07) is 15.8. The van der Waals surface area contributed by atoms with Gasteiger partial charge in [0.1, 0.15) is 17.9 Å². The fourth-order valence-corrected chi connectivity index (χ4v) is 2.73. The minimum Gasteiger partial charge on any atom is -0.456 e. The molecule has 1 N–H and O–H groups in total. The van der Waals surface area contributed by atoms with Crippen molar-refractivity contribution < 1.29 is 18.7 Å². The van der Waals surface area contributed by atoms with Crippen molar-refractivity contribution in [3.63, 3.8) is 0 Å². The van der Waals surface area contributed by atoms with E-state index in [9.17, 15) is 14.4 Å². The maximum Gasteiger partial charge on any atom is 0.355 e. The number of ether oxygens (including phenoxy) is 1. The van der Waals surface area contributed by atoms with E-state index in [2.05, 4.69) is 5.32 Å². The van der Waals surface area contributed by atoms with Gasteiger partial charge in [-0.05, 0) is 30.2 Å². The van der Waals surface area contributed by atoms with Crippen LogP contribution >= 0.6 is 0 Å². The molecule has 0 saturated carbocycles. The first-order valence-corrected chi connectivity index (χ1v) is 8.67. The normalized spacial score (nSPS) is 11.3. The third-order valence-corrected chi connectivity index (χ3v) is 3.99. The molecule has 142 valence electrons. The molecule has 0 radical (unpaired) electrons. The van der Waals surface area contributed by atoms with Crippen LogP contribution in [-0.2, 0) is 20.9 Å². The molecule has 0 unspecified atom stereocenters. The fourth-order valence-electron chi connectivity index (χ4n) is 2.73. The van der Waals surface area contributed by atoms with Gasteiger partial charge in [0.05, 0.1) is 0 Å². The van der Waals surface area contributed by atoms with Crippen LogP contribution in [0.3, 0.4) is 0 Å². The molecule has 3 aromatic rings. The lowest BCUT2D eigenvalue weighted by atomic mass is 10.1. The van der Waals surface area contributed by atoms with Crippen molar-refractivity contribution in [1.29, 1.82) is 0 Å². The third-order valence-electron chi connectivity index (χ3n) is 3.99. The largest absolute Gasteiger partial charge is 0.456 e. The standard InChI is InChI=1S/C22H19NO5/c1-14-8-9-18-17(12-21(25)28-20(18)10-14)13-27-22(26)19(23-15(2)24)11-16-6-4-3-5-7-16/h3-12H,13H2,1-2H3,(H,23,24)/b19-11-. The Morgan fingerprint density at radius 1 is 1.11 bits per heavy atom. The number of hydrogen-bond acceptors (Lipinski definition) is 5. The summed E-state index contributed by atoms with van der Waals surface area (Å²) in [5.41, 5.74) is 2.14. The maximum atomic E-state index is 12.5. The number of carbonyl (C=O) groups is 2. The van der Waals surface area contributed by atoms with Crippen LogP contribution in [0.15, 0.2) is 69.5 Å². The zero-order chi connectivity index (χ0) is 20.1. The van der Waals surface area contributed by atoms with Crippen LogP contribution < -0.4 is 10.9 Å². The highest BCUT2D eigenvalue weighted by atomic mass is 16.5. The highest BCUT2D eigenvalue weighted by Crippen LogP contribution is 2.19. The first-order valence-electron chi connectivity index (χ1n) is 8.67. The van der Waals surface area contributed by atoms with Crippen molar-refractivity contribution in [2.75, 3.05) is 0 Å². The minimum absolute atomic E-state index is 0.0156. The van der Waals surface area contributed by atoms with E-state index in [0.717, 1.165) is 11.1 Å². The number of rotatable bonds is 5. The van der Waals surface area contributed by atoms with Crippen LogP contribution in [0.2, 0.25) is 0 Å². The predicted octanol–water partition coefficient (Wildman–Crippen LogP) is 3.32. The minimum atomic E-state index is -0.701. The molecule has 0 bridgehead atoms. The van der Waals surface area contributed by atoms with Gasteiger partial charge in [0.15, 0.2) is 0 Å². The van der Waals surface area contributed by atoms with Crippen LogP contribution in [0.4, 0.5) is 0 Å². The molecule has 0 aliphatic rings. The first kappa shape index (κ1) is 19.1. The van der Waals surface area contributed by atoms with Crippen molar-refractivity contribution in [3.05, 3.63) is 87.4 Å². The number of carbonyl (C=O) groups excluding carboxylic acids is 2. The lowest BCUT2D eigenvalue weighted by Crippen LogP contribution is -2.26. The van der Waals surface area contributed by atoms with Crippen LogP contribution in [0, 0.1) is 6.92 Å². The van der Waals surface area contributed by atoms with Gasteiger partial charge in [-0.3, -0.25) is 4.79 Å². The van der Waals surface area contributed by atoms with E-state index in [1.807, 2.05) is 37.3 Å². The van der Waals surface area contributed by atoms with E-state index in [-0.39, 0.29) is 18.2 Å². The summed E-state index contributed by atoms with van der Waals surface area (Å²) in [7, 11) is 0. The summed E-state index contributed by atoms with van der Waals surface area (Å²) >= 11 is 0. The fraction of sp³-hybridized carbons (Fsp3) is 0.136. The summed E-state index contributed by atoms with van der Waals surface area (Å²) in [5.74, 6) is -1.09. The number of aryl methyl sites for hydroxylation is 1. The number of fused-ring (bicyclic) bond motifs is 1. The molecule has 2 aromatic carbocycles. The number of hydrogen-bond donors (Lipinski definition) is 1. The SMILES string of the molecule is CC(=O)N/C(=C\c1ccccc1)C(=O)OCc1cc(=O)oc2cc(C)ccc12. The smallest absolute Gasteiger partial charge is 0.355 e. The molecular formula is C22H19NO5. The number of nitrogens with one attached hydrogen (secondary N) is 1. The number of esters is 1. The summed E-state index contributed by atoms with van der Waals surface area (Å²) in [4.78, 5) is 35.8.